The Morgan fingerprint density at radius 2 is 1.84 bits per heavy atom. The van der Waals surface area contributed by atoms with E-state index in [0.29, 0.717) is 11.8 Å². The lowest BCUT2D eigenvalue weighted by atomic mass is 9.87. The van der Waals surface area contributed by atoms with Crippen LogP contribution in [0.3, 0.4) is 0 Å². The van der Waals surface area contributed by atoms with Gasteiger partial charge in [-0.05, 0) is 37.8 Å². The highest BCUT2D eigenvalue weighted by molar-refractivity contribution is 5.66. The Balaban J connectivity index is 0.000000550. The highest BCUT2D eigenvalue weighted by Gasteiger charge is 2.42. The zero-order chi connectivity index (χ0) is 19.6. The highest BCUT2D eigenvalue weighted by atomic mass is 35.7. The number of anilines is 1. The first-order chi connectivity index (χ1) is 11.2. The van der Waals surface area contributed by atoms with Gasteiger partial charge in [0.1, 0.15) is 0 Å². The zero-order valence-corrected chi connectivity index (χ0v) is 15.8. The molecule has 1 aliphatic rings. The van der Waals surface area contributed by atoms with Crippen LogP contribution in [-0.4, -0.2) is 21.7 Å². The number of nitro groups is 1. The van der Waals surface area contributed by atoms with Crippen molar-refractivity contribution in [1.82, 2.24) is 0 Å². The Hall–Kier alpha value is -1.45. The van der Waals surface area contributed by atoms with Crippen molar-refractivity contribution in [1.29, 1.82) is 0 Å². The highest BCUT2D eigenvalue weighted by Crippen LogP contribution is 2.48. The summed E-state index contributed by atoms with van der Waals surface area (Å²) >= 11 is 0. The fraction of sp³-hybridized carbons (Fsp3) is 0.625. The van der Waals surface area contributed by atoms with Crippen molar-refractivity contribution in [2.45, 2.75) is 52.5 Å². The van der Waals surface area contributed by atoms with Crippen LogP contribution in [0.15, 0.2) is 18.2 Å². The molecule has 142 valence electrons. The molecule has 0 aliphatic carbocycles. The van der Waals surface area contributed by atoms with E-state index < -0.39 is 10.2 Å². The fourth-order valence-electron chi connectivity index (χ4n) is 2.97. The van der Waals surface area contributed by atoms with Gasteiger partial charge in [-0.15, -0.1) is 0 Å². The number of benzene rings is 1. The maximum Gasteiger partial charge on any atom is 0.269 e. The summed E-state index contributed by atoms with van der Waals surface area (Å²) in [7, 11) is -4.69. The molecule has 1 heterocycles. The summed E-state index contributed by atoms with van der Waals surface area (Å²) in [6.45, 7) is 12.1. The molecule has 0 amide bonds. The maximum absolute atomic E-state index is 11.0. The minimum Gasteiger partial charge on any atom is -0.366 e. The molecule has 1 aliphatic heterocycles. The van der Waals surface area contributed by atoms with Gasteiger partial charge < -0.3 is 4.90 Å². The number of nitro benzene ring substituents is 1. The van der Waals surface area contributed by atoms with Crippen LogP contribution in [0.25, 0.3) is 0 Å². The molecule has 9 heteroatoms. The van der Waals surface area contributed by atoms with Crippen LogP contribution >= 0.6 is 0 Å². The van der Waals surface area contributed by atoms with E-state index in [4.69, 9.17) is 18.6 Å². The van der Waals surface area contributed by atoms with Gasteiger partial charge in [0, 0.05) is 35.8 Å². The molecule has 0 fully saturated rings. The number of rotatable bonds is 4. The van der Waals surface area contributed by atoms with E-state index in [1.165, 1.54) is 0 Å². The monoisotopic (exact) mass is 376 g/mol. The quantitative estimate of drug-likeness (QED) is 0.586. The average molecular weight is 377 g/mol. The van der Waals surface area contributed by atoms with Gasteiger partial charge >= 0.3 is 0 Å². The Kier molecular flexibility index (Phi) is 6.77. The smallest absolute Gasteiger partial charge is 0.269 e. The van der Waals surface area contributed by atoms with E-state index in [0.717, 1.165) is 24.2 Å². The molecule has 0 saturated carbocycles. The first-order valence-electron chi connectivity index (χ1n) is 7.94. The molecule has 25 heavy (non-hydrogen) atoms. The molecule has 0 spiro atoms. The molecule has 0 aromatic heterocycles. The van der Waals surface area contributed by atoms with Gasteiger partial charge in [-0.1, -0.05) is 20.8 Å². The van der Waals surface area contributed by atoms with Crippen LogP contribution in [0.2, 0.25) is 0 Å². The third kappa shape index (κ3) is 5.79. The summed E-state index contributed by atoms with van der Waals surface area (Å²) in [6, 6.07) is 5.28. The fourth-order valence-corrected chi connectivity index (χ4v) is 2.97. The van der Waals surface area contributed by atoms with E-state index in [1.807, 2.05) is 6.07 Å². The van der Waals surface area contributed by atoms with E-state index >= 15 is 0 Å². The second-order valence-electron chi connectivity index (χ2n) is 7.11. The van der Waals surface area contributed by atoms with Gasteiger partial charge in [0.2, 0.25) is 0 Å². The van der Waals surface area contributed by atoms with Crippen LogP contribution in [0.4, 0.5) is 11.4 Å². The van der Waals surface area contributed by atoms with Gasteiger partial charge in [0.05, 0.1) is 19.8 Å². The number of hydrogen-bond donors (Lipinski definition) is 1. The molecule has 1 N–H and O–H groups in total. The van der Waals surface area contributed by atoms with Gasteiger partial charge in [0.15, 0.2) is 0 Å². The normalized spacial score (nSPS) is 18.6. The minimum absolute atomic E-state index is 0.00639. The first-order valence-corrected chi connectivity index (χ1v) is 9.20. The third-order valence-corrected chi connectivity index (χ3v) is 4.66. The van der Waals surface area contributed by atoms with Crippen LogP contribution < -0.4 is 18.9 Å². The first kappa shape index (κ1) is 21.6. The molecular weight excluding hydrogens is 352 g/mol. The van der Waals surface area contributed by atoms with Crippen molar-refractivity contribution in [2.75, 3.05) is 11.4 Å². The standard InChI is InChI=1S/C16H24N2O2.ClHO4/c1-11(2)8-9-17-15-7-6-13(18(19)20)10-14(15)12(3)16(17,4)5;2-1(3,4)5/h6-7,10-12H,8-9H2,1-5H3;(H,2,3,4,5). The number of halogens is 1. The van der Waals surface area contributed by atoms with Gasteiger partial charge in [-0.2, -0.15) is 14.0 Å². The molecule has 1 unspecified atom stereocenters. The van der Waals surface area contributed by atoms with E-state index in [2.05, 4.69) is 39.5 Å². The van der Waals surface area contributed by atoms with Crippen molar-refractivity contribution in [3.05, 3.63) is 33.9 Å². The second kappa shape index (κ2) is 7.84. The number of hydrogen-bond acceptors (Lipinski definition) is 7. The van der Waals surface area contributed by atoms with Gasteiger partial charge in [0.25, 0.3) is 5.69 Å². The van der Waals surface area contributed by atoms with Crippen molar-refractivity contribution in [3.8, 4) is 0 Å². The summed E-state index contributed by atoms with van der Waals surface area (Å²) in [4.78, 5) is 13.1. The molecule has 1 aromatic rings. The molecule has 0 saturated heterocycles. The minimum atomic E-state index is -4.69. The Bertz CT molecular complexity index is 609. The number of non-ortho nitro benzene ring substituents is 1. The van der Waals surface area contributed by atoms with Gasteiger partial charge in [-0.25, -0.2) is 0 Å². The summed E-state index contributed by atoms with van der Waals surface area (Å²) in [5, 5.41) is 11.0. The third-order valence-electron chi connectivity index (χ3n) is 4.66. The predicted molar refractivity (Wildman–Crippen MR) is 84.6 cm³/mol. The SMILES string of the molecule is CC(C)CCN1c2ccc([N+](=O)[O-])cc2C(C)C1(C)C.[O-][Cl+3]([O-])([O-])O. The van der Waals surface area contributed by atoms with E-state index in [-0.39, 0.29) is 16.1 Å². The van der Waals surface area contributed by atoms with Crippen molar-refractivity contribution < 1.29 is 33.8 Å². The summed E-state index contributed by atoms with van der Waals surface area (Å²) in [5.74, 6) is 0.952. The molecule has 8 nitrogen and oxygen atoms in total. The summed E-state index contributed by atoms with van der Waals surface area (Å²) < 4.78 is 32.7. The zero-order valence-electron chi connectivity index (χ0n) is 15.1. The lowest BCUT2D eigenvalue weighted by Crippen LogP contribution is -2.58. The van der Waals surface area contributed by atoms with Crippen LogP contribution in [-0.2, 0) is 0 Å². The van der Waals surface area contributed by atoms with E-state index in [9.17, 15) is 10.1 Å². The number of fused-ring (bicyclic) bond motifs is 1. The second-order valence-corrected chi connectivity index (χ2v) is 7.90. The van der Waals surface area contributed by atoms with Crippen molar-refractivity contribution in [3.63, 3.8) is 0 Å². The maximum atomic E-state index is 11.0. The lowest BCUT2D eigenvalue weighted by molar-refractivity contribution is -1.92. The summed E-state index contributed by atoms with van der Waals surface area (Å²) in [6.07, 6.45) is 1.13. The van der Waals surface area contributed by atoms with Crippen LogP contribution in [0, 0.1) is 26.3 Å². The van der Waals surface area contributed by atoms with Crippen LogP contribution in [0.5, 0.6) is 0 Å². The molecule has 0 bridgehead atoms. The molecule has 1 atom stereocenters. The largest absolute Gasteiger partial charge is 0.366 e. The molecule has 1 aromatic carbocycles. The van der Waals surface area contributed by atoms with Crippen LogP contribution in [0.1, 0.15) is 52.5 Å². The summed E-state index contributed by atoms with van der Waals surface area (Å²) in [5.41, 5.74) is 2.46. The van der Waals surface area contributed by atoms with Crippen molar-refractivity contribution in [2.24, 2.45) is 5.92 Å². The predicted octanol–water partition coefficient (Wildman–Crippen LogP) is 0.219. The topological polar surface area (TPSA) is 136 Å². The average Bonchev–Trinajstić information content (AvgIpc) is 2.62. The Labute approximate surface area is 149 Å². The van der Waals surface area contributed by atoms with E-state index in [1.54, 1.807) is 12.1 Å². The number of nitrogens with zero attached hydrogens (tertiary/aromatic N) is 2. The molecule has 2 rings (SSSR count). The Morgan fingerprint density at radius 3 is 2.28 bits per heavy atom. The van der Waals surface area contributed by atoms with Gasteiger partial charge in [-0.3, -0.25) is 10.1 Å². The lowest BCUT2D eigenvalue weighted by Gasteiger charge is -2.37. The molecular formula is C16H25ClN2O6. The van der Waals surface area contributed by atoms with Crippen molar-refractivity contribution >= 4 is 11.4 Å². The molecule has 0 radical (unpaired) electrons. The Morgan fingerprint density at radius 1 is 1.32 bits per heavy atom.